The summed E-state index contributed by atoms with van der Waals surface area (Å²) in [5.74, 6) is -0.143. The highest BCUT2D eigenvalue weighted by Crippen LogP contribution is 2.29. The fraction of sp³-hybridized carbons (Fsp3) is 0.188. The molecule has 6 heteroatoms. The van der Waals surface area contributed by atoms with Gasteiger partial charge in [0.15, 0.2) is 11.9 Å². The molecular weight excluding hydrogens is 350 g/mol. The Kier molecular flexibility index (Phi) is 4.92. The maximum Gasteiger partial charge on any atom is 0.311 e. The Bertz CT molecular complexity index is 713. The Morgan fingerprint density at radius 3 is 2.45 bits per heavy atom. The SMILES string of the molecule is Cc1ccc(O[C@@H](C)C(=O)c2ccc(Br)cc2)c([N+](=O)[O-])c1. The molecule has 114 valence electrons. The van der Waals surface area contributed by atoms with Crippen LogP contribution in [0, 0.1) is 17.0 Å². The second-order valence-corrected chi connectivity index (χ2v) is 5.78. The molecule has 0 saturated carbocycles. The van der Waals surface area contributed by atoms with Gasteiger partial charge in [0.2, 0.25) is 5.78 Å². The van der Waals surface area contributed by atoms with Crippen molar-refractivity contribution in [1.29, 1.82) is 0 Å². The van der Waals surface area contributed by atoms with Gasteiger partial charge in [-0.15, -0.1) is 0 Å². The van der Waals surface area contributed by atoms with E-state index < -0.39 is 11.0 Å². The van der Waals surface area contributed by atoms with Gasteiger partial charge in [-0.2, -0.15) is 0 Å². The molecule has 0 aliphatic carbocycles. The van der Waals surface area contributed by atoms with E-state index in [0.29, 0.717) is 5.56 Å². The number of carbonyl (C=O) groups excluding carboxylic acids is 1. The molecule has 0 amide bonds. The lowest BCUT2D eigenvalue weighted by Crippen LogP contribution is -2.24. The molecule has 0 N–H and O–H groups in total. The van der Waals surface area contributed by atoms with Gasteiger partial charge in [-0.1, -0.05) is 34.1 Å². The lowest BCUT2D eigenvalue weighted by molar-refractivity contribution is -0.386. The number of Topliss-reactive ketones (excluding diaryl/α,β-unsaturated/α-hetero) is 1. The molecule has 0 unspecified atom stereocenters. The highest BCUT2D eigenvalue weighted by Gasteiger charge is 2.22. The van der Waals surface area contributed by atoms with Crippen LogP contribution in [-0.4, -0.2) is 16.8 Å². The van der Waals surface area contributed by atoms with Crippen molar-refractivity contribution >= 4 is 27.4 Å². The summed E-state index contributed by atoms with van der Waals surface area (Å²) >= 11 is 3.30. The van der Waals surface area contributed by atoms with Gasteiger partial charge in [-0.3, -0.25) is 14.9 Å². The number of carbonyl (C=O) groups is 1. The van der Waals surface area contributed by atoms with Crippen molar-refractivity contribution in [2.24, 2.45) is 0 Å². The van der Waals surface area contributed by atoms with E-state index in [1.54, 1.807) is 44.2 Å². The molecule has 0 fully saturated rings. The molecule has 0 saturated heterocycles. The first-order valence-corrected chi connectivity index (χ1v) is 7.39. The lowest BCUT2D eigenvalue weighted by Gasteiger charge is -2.14. The van der Waals surface area contributed by atoms with E-state index in [2.05, 4.69) is 15.9 Å². The quantitative estimate of drug-likeness (QED) is 0.450. The van der Waals surface area contributed by atoms with Crippen LogP contribution in [-0.2, 0) is 0 Å². The molecule has 0 aliphatic heterocycles. The lowest BCUT2D eigenvalue weighted by atomic mass is 10.1. The predicted molar refractivity (Wildman–Crippen MR) is 86.4 cm³/mol. The summed E-state index contributed by atoms with van der Waals surface area (Å²) in [5.41, 5.74) is 1.10. The van der Waals surface area contributed by atoms with Crippen molar-refractivity contribution in [2.75, 3.05) is 0 Å². The van der Waals surface area contributed by atoms with Crippen molar-refractivity contribution in [3.63, 3.8) is 0 Å². The van der Waals surface area contributed by atoms with E-state index in [0.717, 1.165) is 10.0 Å². The molecule has 22 heavy (non-hydrogen) atoms. The first-order chi connectivity index (χ1) is 10.4. The number of halogens is 1. The number of nitro groups is 1. The summed E-state index contributed by atoms with van der Waals surface area (Å²) in [4.78, 5) is 22.9. The van der Waals surface area contributed by atoms with Crippen LogP contribution in [0.15, 0.2) is 46.9 Å². The first kappa shape index (κ1) is 16.2. The van der Waals surface area contributed by atoms with Crippen molar-refractivity contribution < 1.29 is 14.5 Å². The summed E-state index contributed by atoms with van der Waals surface area (Å²) in [7, 11) is 0. The third-order valence-corrected chi connectivity index (χ3v) is 3.64. The molecule has 2 aromatic carbocycles. The monoisotopic (exact) mass is 363 g/mol. The van der Waals surface area contributed by atoms with Gasteiger partial charge < -0.3 is 4.74 Å². The normalized spacial score (nSPS) is 11.8. The first-order valence-electron chi connectivity index (χ1n) is 6.60. The van der Waals surface area contributed by atoms with Gasteiger partial charge >= 0.3 is 5.69 Å². The molecule has 0 radical (unpaired) electrons. The largest absolute Gasteiger partial charge is 0.475 e. The van der Waals surface area contributed by atoms with E-state index in [1.807, 2.05) is 0 Å². The zero-order valence-electron chi connectivity index (χ0n) is 12.1. The summed E-state index contributed by atoms with van der Waals surface area (Å²) in [6.07, 6.45) is -0.817. The number of ether oxygens (including phenoxy) is 1. The van der Waals surface area contributed by atoms with Crippen LogP contribution in [0.5, 0.6) is 5.75 Å². The third kappa shape index (κ3) is 3.71. The summed E-state index contributed by atoms with van der Waals surface area (Å²) in [6.45, 7) is 3.33. The highest BCUT2D eigenvalue weighted by atomic mass is 79.9. The molecule has 1 atom stereocenters. The Hall–Kier alpha value is -2.21. The minimum absolute atomic E-state index is 0.0913. The van der Waals surface area contributed by atoms with Gasteiger partial charge in [0.1, 0.15) is 0 Å². The third-order valence-electron chi connectivity index (χ3n) is 3.11. The maximum absolute atomic E-state index is 12.3. The number of rotatable bonds is 5. The molecule has 2 aromatic rings. The summed E-state index contributed by atoms with van der Waals surface area (Å²) in [5, 5.41) is 11.1. The van der Waals surface area contributed by atoms with E-state index >= 15 is 0 Å². The average Bonchev–Trinajstić information content (AvgIpc) is 2.48. The Labute approximate surface area is 136 Å². The standard InChI is InChI=1S/C16H14BrNO4/c1-10-3-8-15(14(9-10)18(20)21)22-11(2)16(19)12-4-6-13(17)7-5-12/h3-9,11H,1-2H3/t11-/m0/s1. The van der Waals surface area contributed by atoms with Crippen molar-refractivity contribution in [3.8, 4) is 5.75 Å². The number of benzene rings is 2. The zero-order chi connectivity index (χ0) is 16.3. The minimum Gasteiger partial charge on any atom is -0.475 e. The molecule has 0 aliphatic rings. The highest BCUT2D eigenvalue weighted by molar-refractivity contribution is 9.10. The number of aryl methyl sites for hydroxylation is 1. The second kappa shape index (κ2) is 6.70. The molecule has 0 spiro atoms. The summed E-state index contributed by atoms with van der Waals surface area (Å²) in [6, 6.07) is 11.5. The topological polar surface area (TPSA) is 69.4 Å². The Morgan fingerprint density at radius 2 is 1.86 bits per heavy atom. The number of nitro benzene ring substituents is 1. The van der Waals surface area contributed by atoms with Crippen LogP contribution < -0.4 is 4.74 Å². The van der Waals surface area contributed by atoms with Crippen LogP contribution >= 0.6 is 15.9 Å². The number of hydrogen-bond donors (Lipinski definition) is 0. The van der Waals surface area contributed by atoms with Crippen molar-refractivity contribution in [1.82, 2.24) is 0 Å². The zero-order valence-corrected chi connectivity index (χ0v) is 13.7. The van der Waals surface area contributed by atoms with Gasteiger partial charge in [0.25, 0.3) is 0 Å². The fourth-order valence-corrected chi connectivity index (χ4v) is 2.23. The predicted octanol–water partition coefficient (Wildman–Crippen LogP) is 4.32. The van der Waals surface area contributed by atoms with E-state index in [4.69, 9.17) is 4.74 Å². The Morgan fingerprint density at radius 1 is 1.23 bits per heavy atom. The van der Waals surface area contributed by atoms with Crippen LogP contribution in [0.2, 0.25) is 0 Å². The fourth-order valence-electron chi connectivity index (χ4n) is 1.96. The molecule has 0 aromatic heterocycles. The van der Waals surface area contributed by atoms with Crippen LogP contribution in [0.4, 0.5) is 5.69 Å². The van der Waals surface area contributed by atoms with E-state index in [1.165, 1.54) is 12.1 Å². The van der Waals surface area contributed by atoms with E-state index in [9.17, 15) is 14.9 Å². The number of ketones is 1. The molecule has 0 bridgehead atoms. The maximum atomic E-state index is 12.3. The molecule has 5 nitrogen and oxygen atoms in total. The van der Waals surface area contributed by atoms with Gasteiger partial charge in [-0.25, -0.2) is 0 Å². The van der Waals surface area contributed by atoms with Crippen LogP contribution in [0.3, 0.4) is 0 Å². The van der Waals surface area contributed by atoms with Crippen molar-refractivity contribution in [3.05, 3.63) is 68.2 Å². The number of nitrogens with zero attached hydrogens (tertiary/aromatic N) is 1. The molecule has 2 rings (SSSR count). The van der Waals surface area contributed by atoms with Gasteiger partial charge in [0, 0.05) is 16.1 Å². The Balaban J connectivity index is 2.21. The van der Waals surface area contributed by atoms with E-state index in [-0.39, 0.29) is 17.2 Å². The van der Waals surface area contributed by atoms with Crippen molar-refractivity contribution in [2.45, 2.75) is 20.0 Å². The second-order valence-electron chi connectivity index (χ2n) is 4.86. The van der Waals surface area contributed by atoms with Crippen LogP contribution in [0.25, 0.3) is 0 Å². The molecule has 0 heterocycles. The van der Waals surface area contributed by atoms with Gasteiger partial charge in [0.05, 0.1) is 4.92 Å². The van der Waals surface area contributed by atoms with Crippen LogP contribution in [0.1, 0.15) is 22.8 Å². The van der Waals surface area contributed by atoms with Gasteiger partial charge in [-0.05, 0) is 37.6 Å². The summed E-state index contributed by atoms with van der Waals surface area (Å²) < 4.78 is 6.37. The minimum atomic E-state index is -0.817. The number of hydrogen-bond acceptors (Lipinski definition) is 4. The average molecular weight is 364 g/mol. The smallest absolute Gasteiger partial charge is 0.311 e. The molecular formula is C16H14BrNO4.